The molecule has 0 saturated heterocycles. The smallest absolute Gasteiger partial charge is 0.305 e. The molecule has 2 aromatic rings. The second-order valence-corrected chi connectivity index (χ2v) is 6.27. The van der Waals surface area contributed by atoms with Gasteiger partial charge in [0.1, 0.15) is 10.7 Å². The lowest BCUT2D eigenvalue weighted by molar-refractivity contribution is -0.140. The van der Waals surface area contributed by atoms with E-state index in [-0.39, 0.29) is 18.3 Å². The van der Waals surface area contributed by atoms with Crippen molar-refractivity contribution < 1.29 is 14.3 Å². The Labute approximate surface area is 147 Å². The summed E-state index contributed by atoms with van der Waals surface area (Å²) in [5.74, 6) is -0.577. The van der Waals surface area contributed by atoms with Gasteiger partial charge in [-0.2, -0.15) is 0 Å². The molecule has 1 amide bonds. The third-order valence-corrected chi connectivity index (χ3v) is 4.60. The standard InChI is InChI=1S/C15H14Cl2N2O3S/c1-22-13(20)3-2-6-18-14(21)12-8-23-15(19-12)9-4-5-10(16)11(17)7-9/h4-5,7-8H,2-3,6H2,1H3,(H,18,21). The van der Waals surface area contributed by atoms with E-state index in [9.17, 15) is 9.59 Å². The monoisotopic (exact) mass is 372 g/mol. The van der Waals surface area contributed by atoms with Crippen LogP contribution >= 0.6 is 34.5 Å². The number of rotatable bonds is 6. The largest absolute Gasteiger partial charge is 0.469 e. The first-order valence-electron chi connectivity index (χ1n) is 6.77. The molecule has 1 heterocycles. The van der Waals surface area contributed by atoms with Crippen molar-refractivity contribution >= 4 is 46.4 Å². The van der Waals surface area contributed by atoms with E-state index >= 15 is 0 Å². The van der Waals surface area contributed by atoms with Crippen molar-refractivity contribution in [2.75, 3.05) is 13.7 Å². The summed E-state index contributed by atoms with van der Waals surface area (Å²) in [7, 11) is 1.33. The van der Waals surface area contributed by atoms with Gasteiger partial charge in [0.2, 0.25) is 0 Å². The summed E-state index contributed by atoms with van der Waals surface area (Å²) in [6, 6.07) is 5.19. The van der Waals surface area contributed by atoms with Crippen LogP contribution in [0.5, 0.6) is 0 Å². The summed E-state index contributed by atoms with van der Waals surface area (Å²) in [6.45, 7) is 0.383. The van der Waals surface area contributed by atoms with Gasteiger partial charge in [-0.3, -0.25) is 9.59 Å². The number of nitrogens with one attached hydrogen (secondary N) is 1. The highest BCUT2D eigenvalue weighted by Gasteiger charge is 2.12. The molecule has 0 aliphatic rings. The molecule has 0 bridgehead atoms. The molecule has 1 aromatic carbocycles. The summed E-state index contributed by atoms with van der Waals surface area (Å²) < 4.78 is 4.53. The Morgan fingerprint density at radius 1 is 1.30 bits per heavy atom. The average Bonchev–Trinajstić information content (AvgIpc) is 3.03. The molecule has 0 unspecified atom stereocenters. The number of esters is 1. The third kappa shape index (κ3) is 4.92. The number of carbonyl (C=O) groups is 2. The fourth-order valence-corrected chi connectivity index (χ4v) is 2.86. The van der Waals surface area contributed by atoms with Crippen molar-refractivity contribution in [3.63, 3.8) is 0 Å². The summed E-state index contributed by atoms with van der Waals surface area (Å²) in [5, 5.41) is 5.98. The number of hydrogen-bond donors (Lipinski definition) is 1. The second-order valence-electron chi connectivity index (χ2n) is 4.60. The van der Waals surface area contributed by atoms with Crippen LogP contribution in [0.15, 0.2) is 23.6 Å². The number of aromatic nitrogens is 1. The number of ether oxygens (including phenoxy) is 1. The Hall–Kier alpha value is -1.63. The number of thiazole rings is 1. The molecule has 0 atom stereocenters. The Kier molecular flexibility index (Phi) is 6.38. The van der Waals surface area contributed by atoms with Crippen LogP contribution in [0.2, 0.25) is 10.0 Å². The van der Waals surface area contributed by atoms with Crippen molar-refractivity contribution in [1.82, 2.24) is 10.3 Å². The summed E-state index contributed by atoms with van der Waals surface area (Å²) in [5.41, 5.74) is 1.13. The molecule has 122 valence electrons. The van der Waals surface area contributed by atoms with E-state index in [0.29, 0.717) is 33.7 Å². The van der Waals surface area contributed by atoms with E-state index in [1.807, 2.05) is 0 Å². The van der Waals surface area contributed by atoms with E-state index in [0.717, 1.165) is 5.56 Å². The fraction of sp³-hybridized carbons (Fsp3) is 0.267. The van der Waals surface area contributed by atoms with Gasteiger partial charge in [-0.05, 0) is 18.6 Å². The van der Waals surface area contributed by atoms with Crippen LogP contribution in [0.4, 0.5) is 0 Å². The predicted molar refractivity (Wildman–Crippen MR) is 91.2 cm³/mol. The Balaban J connectivity index is 1.94. The Morgan fingerprint density at radius 2 is 2.09 bits per heavy atom. The number of methoxy groups -OCH3 is 1. The van der Waals surface area contributed by atoms with Crippen LogP contribution in [0.1, 0.15) is 23.3 Å². The summed E-state index contributed by atoms with van der Waals surface area (Å²) >= 11 is 13.2. The van der Waals surface area contributed by atoms with Crippen LogP contribution in [0.3, 0.4) is 0 Å². The highest BCUT2D eigenvalue weighted by molar-refractivity contribution is 7.13. The lowest BCUT2D eigenvalue weighted by Crippen LogP contribution is -2.25. The molecule has 0 fully saturated rings. The van der Waals surface area contributed by atoms with Crippen LogP contribution in [-0.2, 0) is 9.53 Å². The van der Waals surface area contributed by atoms with Crippen LogP contribution in [0.25, 0.3) is 10.6 Å². The number of carbonyl (C=O) groups excluding carboxylic acids is 2. The zero-order chi connectivity index (χ0) is 16.8. The van der Waals surface area contributed by atoms with Gasteiger partial charge < -0.3 is 10.1 Å². The molecular formula is C15H14Cl2N2O3S. The van der Waals surface area contributed by atoms with Crippen molar-refractivity contribution in [2.45, 2.75) is 12.8 Å². The van der Waals surface area contributed by atoms with Gasteiger partial charge in [-0.25, -0.2) is 4.98 Å². The molecule has 0 spiro atoms. The summed E-state index contributed by atoms with van der Waals surface area (Å²) in [4.78, 5) is 27.3. The van der Waals surface area contributed by atoms with Gasteiger partial charge in [0, 0.05) is 23.9 Å². The predicted octanol–water partition coefficient (Wildman–Crippen LogP) is 3.80. The molecule has 0 aliphatic carbocycles. The zero-order valence-corrected chi connectivity index (χ0v) is 14.6. The Morgan fingerprint density at radius 3 is 2.78 bits per heavy atom. The molecule has 2 rings (SSSR count). The van der Waals surface area contributed by atoms with Crippen LogP contribution in [0, 0.1) is 0 Å². The molecule has 23 heavy (non-hydrogen) atoms. The number of hydrogen-bond acceptors (Lipinski definition) is 5. The minimum absolute atomic E-state index is 0.266. The zero-order valence-electron chi connectivity index (χ0n) is 12.3. The molecule has 5 nitrogen and oxygen atoms in total. The lowest BCUT2D eigenvalue weighted by atomic mass is 10.2. The minimum Gasteiger partial charge on any atom is -0.469 e. The highest BCUT2D eigenvalue weighted by atomic mass is 35.5. The van der Waals surface area contributed by atoms with Gasteiger partial charge in [0.05, 0.1) is 17.2 Å². The second kappa shape index (κ2) is 8.29. The average molecular weight is 373 g/mol. The SMILES string of the molecule is COC(=O)CCCNC(=O)c1csc(-c2ccc(Cl)c(Cl)c2)n1. The fourth-order valence-electron chi connectivity index (χ4n) is 1.77. The first-order chi connectivity index (χ1) is 11.0. The van der Waals surface area contributed by atoms with Crippen molar-refractivity contribution in [3.05, 3.63) is 39.3 Å². The van der Waals surface area contributed by atoms with E-state index in [1.165, 1.54) is 18.4 Å². The maximum absolute atomic E-state index is 12.0. The molecule has 8 heteroatoms. The van der Waals surface area contributed by atoms with Gasteiger partial charge in [-0.15, -0.1) is 11.3 Å². The van der Waals surface area contributed by atoms with Gasteiger partial charge >= 0.3 is 5.97 Å². The van der Waals surface area contributed by atoms with Crippen molar-refractivity contribution in [2.24, 2.45) is 0 Å². The molecular weight excluding hydrogens is 359 g/mol. The summed E-state index contributed by atoms with van der Waals surface area (Å²) in [6.07, 6.45) is 0.782. The van der Waals surface area contributed by atoms with E-state index < -0.39 is 0 Å². The number of amides is 1. The van der Waals surface area contributed by atoms with E-state index in [1.54, 1.807) is 23.6 Å². The highest BCUT2D eigenvalue weighted by Crippen LogP contribution is 2.30. The number of nitrogens with zero attached hydrogens (tertiary/aromatic N) is 1. The third-order valence-electron chi connectivity index (χ3n) is 2.97. The van der Waals surface area contributed by atoms with E-state index in [2.05, 4.69) is 15.0 Å². The van der Waals surface area contributed by atoms with Gasteiger partial charge in [0.25, 0.3) is 5.91 Å². The maximum atomic E-state index is 12.0. The van der Waals surface area contributed by atoms with Crippen LogP contribution in [-0.4, -0.2) is 30.5 Å². The van der Waals surface area contributed by atoms with E-state index in [4.69, 9.17) is 23.2 Å². The first-order valence-corrected chi connectivity index (χ1v) is 8.41. The minimum atomic E-state index is -0.296. The topological polar surface area (TPSA) is 68.3 Å². The molecule has 0 radical (unpaired) electrons. The van der Waals surface area contributed by atoms with Gasteiger partial charge in [0.15, 0.2) is 0 Å². The van der Waals surface area contributed by atoms with Crippen molar-refractivity contribution in [1.29, 1.82) is 0 Å². The number of benzene rings is 1. The number of halogens is 2. The quantitative estimate of drug-likeness (QED) is 0.618. The van der Waals surface area contributed by atoms with Crippen LogP contribution < -0.4 is 5.32 Å². The molecule has 1 aromatic heterocycles. The first kappa shape index (κ1) is 17.7. The lowest BCUT2D eigenvalue weighted by Gasteiger charge is -2.02. The molecule has 0 saturated carbocycles. The Bertz CT molecular complexity index is 718. The normalized spacial score (nSPS) is 10.4. The van der Waals surface area contributed by atoms with Gasteiger partial charge in [-0.1, -0.05) is 29.3 Å². The molecule has 0 aliphatic heterocycles. The molecule has 1 N–H and O–H groups in total. The maximum Gasteiger partial charge on any atom is 0.305 e. The van der Waals surface area contributed by atoms with Crippen molar-refractivity contribution in [3.8, 4) is 10.6 Å².